The van der Waals surface area contributed by atoms with Crippen LogP contribution in [0.25, 0.3) is 22.6 Å². The third-order valence-electron chi connectivity index (χ3n) is 3.91. The number of halogens is 3. The quantitative estimate of drug-likeness (QED) is 0.697. The molecule has 2 aromatic heterocycles. The second-order valence-corrected chi connectivity index (χ2v) is 7.19. The predicted octanol–water partition coefficient (Wildman–Crippen LogP) is 3.65. The molecule has 5 nitrogen and oxygen atoms in total. The van der Waals surface area contributed by atoms with Crippen molar-refractivity contribution >= 4 is 21.8 Å². The zero-order valence-electron chi connectivity index (χ0n) is 13.8. The summed E-state index contributed by atoms with van der Waals surface area (Å²) in [7, 11) is 0.271. The van der Waals surface area contributed by atoms with E-state index < -0.39 is 22.5 Å². The molecule has 0 N–H and O–H groups in total. The number of aromatic nitrogens is 3. The van der Waals surface area contributed by atoms with Gasteiger partial charge in [0, 0.05) is 19.0 Å². The zero-order valence-corrected chi connectivity index (χ0v) is 14.6. The summed E-state index contributed by atoms with van der Waals surface area (Å²) in [5, 5.41) is 9.29. The third kappa shape index (κ3) is 2.97. The standard InChI is InChI=1S/C17H13F3N4OS/c1-3-26(25)13-5-4-6-22-14(13)16-23-12-8-11(17(18,19)20)7-10(9-21)15(12)24(16)2/h4-8H,3H2,1-2H3. The Labute approximate surface area is 149 Å². The highest BCUT2D eigenvalue weighted by Gasteiger charge is 2.32. The number of nitrogens with zero attached hydrogens (tertiary/aromatic N) is 4. The van der Waals surface area contributed by atoms with Gasteiger partial charge < -0.3 is 4.57 Å². The molecule has 2 heterocycles. The van der Waals surface area contributed by atoms with Crippen molar-refractivity contribution in [2.75, 3.05) is 5.75 Å². The van der Waals surface area contributed by atoms with Crippen molar-refractivity contribution in [1.29, 1.82) is 5.26 Å². The van der Waals surface area contributed by atoms with E-state index >= 15 is 0 Å². The Balaban J connectivity index is 2.33. The fourth-order valence-electron chi connectivity index (χ4n) is 2.71. The highest BCUT2D eigenvalue weighted by atomic mass is 32.2. The van der Waals surface area contributed by atoms with Crippen LogP contribution >= 0.6 is 0 Å². The molecule has 3 aromatic rings. The SMILES string of the molecule is CCS(=O)c1cccnc1-c1nc2cc(C(F)(F)F)cc(C#N)c2n1C. The summed E-state index contributed by atoms with van der Waals surface area (Å²) in [5.74, 6) is 0.623. The average Bonchev–Trinajstić information content (AvgIpc) is 2.96. The zero-order chi connectivity index (χ0) is 19.1. The lowest BCUT2D eigenvalue weighted by Gasteiger charge is -2.08. The van der Waals surface area contributed by atoms with Crippen LogP contribution < -0.4 is 0 Å². The second-order valence-electron chi connectivity index (χ2n) is 5.48. The van der Waals surface area contributed by atoms with E-state index in [-0.39, 0.29) is 22.4 Å². The largest absolute Gasteiger partial charge is 0.416 e. The molecule has 9 heteroatoms. The molecule has 0 spiro atoms. The number of hydrogen-bond acceptors (Lipinski definition) is 4. The monoisotopic (exact) mass is 378 g/mol. The molecule has 0 radical (unpaired) electrons. The first-order valence-corrected chi connectivity index (χ1v) is 8.91. The Morgan fingerprint density at radius 3 is 2.69 bits per heavy atom. The minimum atomic E-state index is -4.59. The maximum Gasteiger partial charge on any atom is 0.416 e. The van der Waals surface area contributed by atoms with Gasteiger partial charge in [0.15, 0.2) is 5.82 Å². The number of benzene rings is 1. The average molecular weight is 378 g/mol. The molecular formula is C17H13F3N4OS. The normalized spacial score (nSPS) is 12.9. The van der Waals surface area contributed by atoms with E-state index in [1.165, 1.54) is 10.8 Å². The van der Waals surface area contributed by atoms with Gasteiger partial charge in [0.05, 0.1) is 37.9 Å². The number of aryl methyl sites for hydroxylation is 1. The van der Waals surface area contributed by atoms with Crippen molar-refractivity contribution in [3.63, 3.8) is 0 Å². The highest BCUT2D eigenvalue weighted by Crippen LogP contribution is 2.35. The van der Waals surface area contributed by atoms with Gasteiger partial charge in [-0.1, -0.05) is 6.92 Å². The Morgan fingerprint density at radius 2 is 2.08 bits per heavy atom. The summed E-state index contributed by atoms with van der Waals surface area (Å²) in [6.45, 7) is 1.76. The van der Waals surface area contributed by atoms with Gasteiger partial charge in [-0.2, -0.15) is 18.4 Å². The van der Waals surface area contributed by atoms with Crippen LogP contribution in [0.4, 0.5) is 13.2 Å². The molecule has 0 aliphatic carbocycles. The number of rotatable bonds is 3. The molecular weight excluding hydrogens is 365 g/mol. The van der Waals surface area contributed by atoms with Crippen molar-refractivity contribution in [2.45, 2.75) is 18.0 Å². The van der Waals surface area contributed by atoms with Crippen molar-refractivity contribution in [2.24, 2.45) is 7.05 Å². The molecule has 0 bridgehead atoms. The minimum Gasteiger partial charge on any atom is -0.325 e. The van der Waals surface area contributed by atoms with Gasteiger partial charge in [-0.15, -0.1) is 0 Å². The first kappa shape index (κ1) is 18.1. The number of nitriles is 1. The van der Waals surface area contributed by atoms with Crippen LogP contribution in [0, 0.1) is 11.3 Å². The van der Waals surface area contributed by atoms with Gasteiger partial charge in [0.25, 0.3) is 0 Å². The molecule has 134 valence electrons. The molecule has 1 atom stereocenters. The van der Waals surface area contributed by atoms with E-state index in [2.05, 4.69) is 9.97 Å². The fraction of sp³-hybridized carbons (Fsp3) is 0.235. The van der Waals surface area contributed by atoms with Crippen molar-refractivity contribution in [3.8, 4) is 17.6 Å². The van der Waals surface area contributed by atoms with Crippen molar-refractivity contribution in [3.05, 3.63) is 41.6 Å². The number of fused-ring (bicyclic) bond motifs is 1. The van der Waals surface area contributed by atoms with Crippen LogP contribution in [-0.4, -0.2) is 24.5 Å². The van der Waals surface area contributed by atoms with Crippen LogP contribution in [0.2, 0.25) is 0 Å². The van der Waals surface area contributed by atoms with E-state index in [4.69, 9.17) is 0 Å². The highest BCUT2D eigenvalue weighted by molar-refractivity contribution is 7.85. The van der Waals surface area contributed by atoms with Gasteiger partial charge in [0.2, 0.25) is 0 Å². The van der Waals surface area contributed by atoms with E-state index in [1.807, 2.05) is 0 Å². The lowest BCUT2D eigenvalue weighted by Crippen LogP contribution is -2.06. The molecule has 26 heavy (non-hydrogen) atoms. The van der Waals surface area contributed by atoms with Crippen molar-refractivity contribution in [1.82, 2.24) is 14.5 Å². The molecule has 0 saturated carbocycles. The maximum absolute atomic E-state index is 13.1. The Kier molecular flexibility index (Phi) is 4.54. The molecule has 0 aliphatic rings. The Hall–Kier alpha value is -2.73. The van der Waals surface area contributed by atoms with Gasteiger partial charge in [-0.25, -0.2) is 4.98 Å². The van der Waals surface area contributed by atoms with Crippen LogP contribution in [0.15, 0.2) is 35.4 Å². The second kappa shape index (κ2) is 6.53. The smallest absolute Gasteiger partial charge is 0.325 e. The predicted molar refractivity (Wildman–Crippen MR) is 90.6 cm³/mol. The lowest BCUT2D eigenvalue weighted by molar-refractivity contribution is -0.137. The van der Waals surface area contributed by atoms with Crippen LogP contribution in [0.3, 0.4) is 0 Å². The van der Waals surface area contributed by atoms with E-state index in [9.17, 15) is 22.6 Å². The number of pyridine rings is 1. The van der Waals surface area contributed by atoms with Gasteiger partial charge in [-0.05, 0) is 24.3 Å². The fourth-order valence-corrected chi connectivity index (χ4v) is 3.61. The summed E-state index contributed by atoms with van der Waals surface area (Å²) < 4.78 is 53.0. The van der Waals surface area contributed by atoms with Gasteiger partial charge in [-0.3, -0.25) is 9.19 Å². The van der Waals surface area contributed by atoms with E-state index in [1.54, 1.807) is 32.2 Å². The molecule has 0 aliphatic heterocycles. The van der Waals surface area contributed by atoms with Crippen LogP contribution in [-0.2, 0) is 24.0 Å². The minimum absolute atomic E-state index is 0.0350. The Bertz CT molecular complexity index is 1070. The molecule has 0 saturated heterocycles. The van der Waals surface area contributed by atoms with E-state index in [0.29, 0.717) is 16.3 Å². The molecule has 3 rings (SSSR count). The first-order valence-electron chi connectivity index (χ1n) is 7.59. The molecule has 0 fully saturated rings. The number of imidazole rings is 1. The van der Waals surface area contributed by atoms with Crippen LogP contribution in [0.5, 0.6) is 0 Å². The summed E-state index contributed by atoms with van der Waals surface area (Å²) in [5.41, 5.74) is -0.444. The molecule has 0 amide bonds. The number of hydrogen-bond donors (Lipinski definition) is 0. The summed E-state index contributed by atoms with van der Waals surface area (Å²) in [6, 6.07) is 6.78. The summed E-state index contributed by atoms with van der Waals surface area (Å²) in [4.78, 5) is 8.92. The third-order valence-corrected chi connectivity index (χ3v) is 5.25. The molecule has 1 aromatic carbocycles. The first-order chi connectivity index (χ1) is 12.3. The number of alkyl halides is 3. The summed E-state index contributed by atoms with van der Waals surface area (Å²) in [6.07, 6.45) is -3.09. The maximum atomic E-state index is 13.1. The lowest BCUT2D eigenvalue weighted by atomic mass is 10.1. The molecule has 1 unspecified atom stereocenters. The van der Waals surface area contributed by atoms with Gasteiger partial charge in [0.1, 0.15) is 11.8 Å². The summed E-state index contributed by atoms with van der Waals surface area (Å²) >= 11 is 0. The Morgan fingerprint density at radius 1 is 1.35 bits per heavy atom. The van der Waals surface area contributed by atoms with Crippen molar-refractivity contribution < 1.29 is 17.4 Å². The van der Waals surface area contributed by atoms with E-state index in [0.717, 1.165) is 12.1 Å². The van der Waals surface area contributed by atoms with Crippen LogP contribution in [0.1, 0.15) is 18.1 Å². The topological polar surface area (TPSA) is 71.6 Å². The van der Waals surface area contributed by atoms with Gasteiger partial charge >= 0.3 is 6.18 Å².